The summed E-state index contributed by atoms with van der Waals surface area (Å²) >= 11 is 6.08. The minimum Gasteiger partial charge on any atom is -0.351 e. The smallest absolute Gasteiger partial charge is 0.251 e. The Bertz CT molecular complexity index is 807. The van der Waals surface area contributed by atoms with Crippen LogP contribution in [0.25, 0.3) is 10.9 Å². The quantitative estimate of drug-likeness (QED) is 0.785. The van der Waals surface area contributed by atoms with Gasteiger partial charge in [0.25, 0.3) is 5.91 Å². The van der Waals surface area contributed by atoms with E-state index in [0.717, 1.165) is 16.5 Å². The van der Waals surface area contributed by atoms with Crippen molar-refractivity contribution in [3.05, 3.63) is 70.9 Å². The van der Waals surface area contributed by atoms with Gasteiger partial charge in [0.2, 0.25) is 0 Å². The summed E-state index contributed by atoms with van der Waals surface area (Å²) < 4.78 is 2.03. The highest BCUT2D eigenvalue weighted by Gasteiger charge is 2.08. The summed E-state index contributed by atoms with van der Waals surface area (Å²) in [5, 5.41) is 4.62. The normalized spacial score (nSPS) is 10.8. The van der Waals surface area contributed by atoms with E-state index in [1.165, 1.54) is 0 Å². The Hall–Kier alpha value is -2.26. The molecule has 0 aliphatic rings. The highest BCUT2D eigenvalue weighted by atomic mass is 35.5. The van der Waals surface area contributed by atoms with Gasteiger partial charge in [0.05, 0.1) is 0 Å². The van der Waals surface area contributed by atoms with Crippen molar-refractivity contribution in [3.8, 4) is 0 Å². The molecule has 0 saturated heterocycles. The number of carbonyl (C=O) groups is 1. The van der Waals surface area contributed by atoms with Gasteiger partial charge in [-0.05, 0) is 35.9 Å². The average molecular weight is 299 g/mol. The molecular formula is C17H15ClN2O. The first kappa shape index (κ1) is 13.7. The lowest BCUT2D eigenvalue weighted by atomic mass is 10.1. The minimum absolute atomic E-state index is 0.0966. The van der Waals surface area contributed by atoms with Crippen LogP contribution < -0.4 is 5.32 Å². The molecule has 0 aliphatic heterocycles. The molecule has 3 nitrogen and oxygen atoms in total. The molecular weight excluding hydrogens is 284 g/mol. The van der Waals surface area contributed by atoms with E-state index >= 15 is 0 Å². The first-order valence-electron chi connectivity index (χ1n) is 6.72. The van der Waals surface area contributed by atoms with E-state index < -0.39 is 0 Å². The Kier molecular flexibility index (Phi) is 3.67. The topological polar surface area (TPSA) is 34.0 Å². The van der Waals surface area contributed by atoms with Gasteiger partial charge in [0.15, 0.2) is 0 Å². The van der Waals surface area contributed by atoms with E-state index in [1.807, 2.05) is 66.3 Å². The summed E-state index contributed by atoms with van der Waals surface area (Å²) in [6.07, 6.45) is 1.98. The SMILES string of the molecule is Cn1ccc2cc(C(=O)NCc3ccccc3Cl)ccc21. The van der Waals surface area contributed by atoms with Gasteiger partial charge in [-0.15, -0.1) is 0 Å². The van der Waals surface area contributed by atoms with Gasteiger partial charge in [-0.1, -0.05) is 29.8 Å². The second-order valence-electron chi connectivity index (χ2n) is 4.97. The van der Waals surface area contributed by atoms with Crippen molar-refractivity contribution in [2.75, 3.05) is 0 Å². The van der Waals surface area contributed by atoms with Crippen LogP contribution in [-0.2, 0) is 13.6 Å². The van der Waals surface area contributed by atoms with Gasteiger partial charge in [-0.2, -0.15) is 0 Å². The van der Waals surface area contributed by atoms with E-state index in [1.54, 1.807) is 0 Å². The van der Waals surface area contributed by atoms with E-state index in [-0.39, 0.29) is 5.91 Å². The molecule has 106 valence electrons. The van der Waals surface area contributed by atoms with Crippen LogP contribution in [-0.4, -0.2) is 10.5 Å². The van der Waals surface area contributed by atoms with Crippen LogP contribution in [0, 0.1) is 0 Å². The molecule has 0 spiro atoms. The summed E-state index contributed by atoms with van der Waals surface area (Å²) in [4.78, 5) is 12.2. The standard InChI is InChI=1S/C17H15ClN2O/c1-20-9-8-12-10-13(6-7-16(12)20)17(21)19-11-14-4-2-3-5-15(14)18/h2-10H,11H2,1H3,(H,19,21). The number of hydrogen-bond acceptors (Lipinski definition) is 1. The average Bonchev–Trinajstić information content (AvgIpc) is 2.87. The van der Waals surface area contributed by atoms with Crippen LogP contribution in [0.15, 0.2) is 54.7 Å². The summed E-state index contributed by atoms with van der Waals surface area (Å²) in [6.45, 7) is 0.422. The van der Waals surface area contributed by atoms with E-state index in [9.17, 15) is 4.79 Å². The third kappa shape index (κ3) is 2.78. The number of hydrogen-bond donors (Lipinski definition) is 1. The van der Waals surface area contributed by atoms with Crippen LogP contribution in [0.3, 0.4) is 0 Å². The number of nitrogens with one attached hydrogen (secondary N) is 1. The number of aryl methyl sites for hydroxylation is 1. The maximum absolute atomic E-state index is 12.2. The molecule has 0 aliphatic carbocycles. The Labute approximate surface area is 128 Å². The Morgan fingerprint density at radius 3 is 2.81 bits per heavy atom. The van der Waals surface area contributed by atoms with Gasteiger partial charge in [0, 0.05) is 41.3 Å². The van der Waals surface area contributed by atoms with Crippen molar-refractivity contribution in [2.45, 2.75) is 6.54 Å². The first-order valence-corrected chi connectivity index (χ1v) is 7.09. The molecule has 1 aromatic heterocycles. The predicted molar refractivity (Wildman–Crippen MR) is 85.5 cm³/mol. The highest BCUT2D eigenvalue weighted by molar-refractivity contribution is 6.31. The fraction of sp³-hybridized carbons (Fsp3) is 0.118. The lowest BCUT2D eigenvalue weighted by Crippen LogP contribution is -2.22. The summed E-state index contributed by atoms with van der Waals surface area (Å²) in [5.74, 6) is -0.0966. The molecule has 0 fully saturated rings. The lowest BCUT2D eigenvalue weighted by Gasteiger charge is -2.07. The van der Waals surface area contributed by atoms with Crippen molar-refractivity contribution in [1.82, 2.24) is 9.88 Å². The molecule has 1 heterocycles. The third-order valence-corrected chi connectivity index (χ3v) is 3.91. The minimum atomic E-state index is -0.0966. The van der Waals surface area contributed by atoms with Crippen molar-refractivity contribution < 1.29 is 4.79 Å². The predicted octanol–water partition coefficient (Wildman–Crippen LogP) is 3.76. The zero-order valence-electron chi connectivity index (χ0n) is 11.6. The lowest BCUT2D eigenvalue weighted by molar-refractivity contribution is 0.0951. The Morgan fingerprint density at radius 2 is 2.00 bits per heavy atom. The number of benzene rings is 2. The van der Waals surface area contributed by atoms with Crippen LogP contribution in [0.5, 0.6) is 0 Å². The second kappa shape index (κ2) is 5.62. The number of fused-ring (bicyclic) bond motifs is 1. The zero-order chi connectivity index (χ0) is 14.8. The number of rotatable bonds is 3. The molecule has 4 heteroatoms. The van der Waals surface area contributed by atoms with Gasteiger partial charge in [-0.25, -0.2) is 0 Å². The largest absolute Gasteiger partial charge is 0.351 e. The Balaban J connectivity index is 1.76. The molecule has 3 rings (SSSR count). The van der Waals surface area contributed by atoms with Crippen LogP contribution >= 0.6 is 11.6 Å². The van der Waals surface area contributed by atoms with Gasteiger partial charge >= 0.3 is 0 Å². The van der Waals surface area contributed by atoms with E-state index in [0.29, 0.717) is 17.1 Å². The highest BCUT2D eigenvalue weighted by Crippen LogP contribution is 2.17. The zero-order valence-corrected chi connectivity index (χ0v) is 12.4. The molecule has 0 unspecified atom stereocenters. The summed E-state index contributed by atoms with van der Waals surface area (Å²) in [7, 11) is 1.99. The second-order valence-corrected chi connectivity index (χ2v) is 5.38. The van der Waals surface area contributed by atoms with Gasteiger partial charge in [-0.3, -0.25) is 4.79 Å². The summed E-state index contributed by atoms with van der Waals surface area (Å²) in [5.41, 5.74) is 2.67. The fourth-order valence-corrected chi connectivity index (χ4v) is 2.54. The molecule has 0 radical (unpaired) electrons. The van der Waals surface area contributed by atoms with Gasteiger partial charge in [0.1, 0.15) is 0 Å². The van der Waals surface area contributed by atoms with E-state index in [2.05, 4.69) is 5.32 Å². The van der Waals surface area contributed by atoms with Crippen LogP contribution in [0.4, 0.5) is 0 Å². The number of amides is 1. The monoisotopic (exact) mass is 298 g/mol. The molecule has 0 atom stereocenters. The van der Waals surface area contributed by atoms with Crippen molar-refractivity contribution >= 4 is 28.4 Å². The Morgan fingerprint density at radius 1 is 1.19 bits per heavy atom. The maximum atomic E-state index is 12.2. The number of carbonyl (C=O) groups excluding carboxylic acids is 1. The third-order valence-electron chi connectivity index (χ3n) is 3.54. The molecule has 1 amide bonds. The summed E-state index contributed by atoms with van der Waals surface area (Å²) in [6, 6.07) is 15.2. The fourth-order valence-electron chi connectivity index (χ4n) is 2.34. The van der Waals surface area contributed by atoms with Crippen LogP contribution in [0.2, 0.25) is 5.02 Å². The van der Waals surface area contributed by atoms with Gasteiger partial charge < -0.3 is 9.88 Å². The molecule has 0 saturated carbocycles. The maximum Gasteiger partial charge on any atom is 0.251 e. The number of halogens is 1. The molecule has 21 heavy (non-hydrogen) atoms. The van der Waals surface area contributed by atoms with Crippen molar-refractivity contribution in [1.29, 1.82) is 0 Å². The van der Waals surface area contributed by atoms with Crippen molar-refractivity contribution in [3.63, 3.8) is 0 Å². The van der Waals surface area contributed by atoms with Crippen LogP contribution in [0.1, 0.15) is 15.9 Å². The molecule has 3 aromatic rings. The van der Waals surface area contributed by atoms with E-state index in [4.69, 9.17) is 11.6 Å². The molecule has 2 aromatic carbocycles. The number of nitrogens with zero attached hydrogens (tertiary/aromatic N) is 1. The molecule has 0 bridgehead atoms. The number of aromatic nitrogens is 1. The van der Waals surface area contributed by atoms with Crippen molar-refractivity contribution in [2.24, 2.45) is 7.05 Å². The molecule has 1 N–H and O–H groups in total. The first-order chi connectivity index (χ1) is 10.1.